The van der Waals surface area contributed by atoms with Crippen LogP contribution < -0.4 is 8.85 Å². The van der Waals surface area contributed by atoms with E-state index in [9.17, 15) is 0 Å². The minimum atomic E-state index is -0.317. The molecule has 0 spiro atoms. The van der Waals surface area contributed by atoms with Crippen LogP contribution in [0, 0.1) is 0 Å². The molecule has 0 saturated carbocycles. The summed E-state index contributed by atoms with van der Waals surface area (Å²) < 4.78 is 1.84. The van der Waals surface area contributed by atoms with E-state index >= 15 is 0 Å². The molecule has 0 N–H and O–H groups in total. The molecular formula is C12H7AlCl4. The van der Waals surface area contributed by atoms with Crippen molar-refractivity contribution >= 4 is 70.5 Å². The summed E-state index contributed by atoms with van der Waals surface area (Å²) in [7, 11) is 0. The molecule has 2 rings (SSSR count). The number of hydrogen-bond donors (Lipinski definition) is 0. The third-order valence-electron chi connectivity index (χ3n) is 2.29. The molecule has 0 aliphatic rings. The maximum absolute atomic E-state index is 6.13. The van der Waals surface area contributed by atoms with E-state index in [0.29, 0.717) is 20.1 Å². The summed E-state index contributed by atoms with van der Waals surface area (Å²) in [4.78, 5) is 0. The van der Waals surface area contributed by atoms with E-state index in [2.05, 4.69) is 0 Å². The van der Waals surface area contributed by atoms with Crippen molar-refractivity contribution in [1.29, 1.82) is 0 Å². The molecule has 2 aromatic carbocycles. The summed E-state index contributed by atoms with van der Waals surface area (Å²) in [5.74, 6) is 0. The Morgan fingerprint density at radius 1 is 0.647 bits per heavy atom. The maximum Gasteiger partial charge on any atom is -1.00 e. The monoisotopic (exact) mass is 318 g/mol. The van der Waals surface area contributed by atoms with Crippen LogP contribution in [0.3, 0.4) is 0 Å². The maximum atomic E-state index is 6.13. The standard InChI is InChI=1S/2C6H3Cl2.Al.H/c2*7-5-2-1-3-6(8)4-5;;/h2*1-3H;;/q;;+1;-1. The van der Waals surface area contributed by atoms with Gasteiger partial charge in [-0.25, -0.2) is 0 Å². The molecular weight excluding hydrogens is 313 g/mol. The third-order valence-corrected chi connectivity index (χ3v) is 6.16. The van der Waals surface area contributed by atoms with Gasteiger partial charge >= 0.3 is 127 Å². The van der Waals surface area contributed by atoms with Gasteiger partial charge in [-0.05, 0) is 0 Å². The topological polar surface area (TPSA) is 0 Å². The van der Waals surface area contributed by atoms with Gasteiger partial charge in [-0.15, -0.1) is 0 Å². The zero-order chi connectivity index (χ0) is 12.4. The van der Waals surface area contributed by atoms with Crippen LogP contribution in [0.2, 0.25) is 20.1 Å². The van der Waals surface area contributed by atoms with Crippen LogP contribution in [0.25, 0.3) is 0 Å². The van der Waals surface area contributed by atoms with E-state index in [0.717, 1.165) is 8.85 Å². The van der Waals surface area contributed by atoms with Gasteiger partial charge in [0, 0.05) is 0 Å². The zero-order valence-electron chi connectivity index (χ0n) is 9.55. The van der Waals surface area contributed by atoms with Crippen LogP contribution in [0.15, 0.2) is 36.4 Å². The third kappa shape index (κ3) is 3.12. The van der Waals surface area contributed by atoms with E-state index < -0.39 is 0 Å². The molecule has 0 amide bonds. The zero-order valence-corrected chi connectivity index (χ0v) is 12.7. The Balaban J connectivity index is 0.00000162. The fourth-order valence-corrected chi connectivity index (χ4v) is 4.12. The summed E-state index contributed by atoms with van der Waals surface area (Å²) in [6, 6.07) is 10.9. The molecule has 0 aromatic heterocycles. The van der Waals surface area contributed by atoms with Crippen LogP contribution in [0.5, 0.6) is 0 Å². The SMILES string of the molecule is Clc1cccc(Cl)[c]1[Al+][c]1c(Cl)cccc1Cl.[H-]. The van der Waals surface area contributed by atoms with Gasteiger partial charge in [0.15, 0.2) is 0 Å². The average molecular weight is 320 g/mol. The Labute approximate surface area is 128 Å². The van der Waals surface area contributed by atoms with Gasteiger partial charge in [-0.2, -0.15) is 0 Å². The molecule has 0 saturated heterocycles. The molecule has 0 nitrogen and oxygen atoms in total. The van der Waals surface area contributed by atoms with Crippen LogP contribution in [-0.4, -0.2) is 15.2 Å². The van der Waals surface area contributed by atoms with Crippen molar-refractivity contribution in [3.05, 3.63) is 56.5 Å². The van der Waals surface area contributed by atoms with Crippen LogP contribution >= 0.6 is 46.4 Å². The van der Waals surface area contributed by atoms with Gasteiger partial charge in [-0.3, -0.25) is 0 Å². The summed E-state index contributed by atoms with van der Waals surface area (Å²) >= 11 is 24.2. The second-order valence-corrected chi connectivity index (χ2v) is 6.49. The quantitative estimate of drug-likeness (QED) is 0.732. The van der Waals surface area contributed by atoms with Crippen molar-refractivity contribution in [3.8, 4) is 0 Å². The molecule has 0 unspecified atom stereocenters. The molecule has 17 heavy (non-hydrogen) atoms. The number of benzene rings is 2. The molecule has 0 bridgehead atoms. The molecule has 2 aromatic rings. The van der Waals surface area contributed by atoms with E-state index in [-0.39, 0.29) is 16.6 Å². The average Bonchev–Trinajstić information content (AvgIpc) is 2.27. The fraction of sp³-hybridized carbons (Fsp3) is 0. The van der Waals surface area contributed by atoms with E-state index in [1.165, 1.54) is 0 Å². The van der Waals surface area contributed by atoms with E-state index in [4.69, 9.17) is 46.4 Å². The number of halogens is 4. The fourth-order valence-electron chi connectivity index (χ4n) is 1.44. The number of hydrogen-bond acceptors (Lipinski definition) is 0. The minimum absolute atomic E-state index is 0. The van der Waals surface area contributed by atoms with Crippen LogP contribution in [-0.2, 0) is 0 Å². The largest absolute Gasteiger partial charge is 1.00 e. The van der Waals surface area contributed by atoms with Crippen molar-refractivity contribution < 1.29 is 1.43 Å². The first-order valence-corrected chi connectivity index (χ1v) is 7.49. The van der Waals surface area contributed by atoms with Crippen LogP contribution in [0.1, 0.15) is 1.43 Å². The normalized spacial score (nSPS) is 10.1. The van der Waals surface area contributed by atoms with E-state index in [1.54, 1.807) is 0 Å². The van der Waals surface area contributed by atoms with E-state index in [1.807, 2.05) is 36.4 Å². The van der Waals surface area contributed by atoms with Gasteiger partial charge in [0.05, 0.1) is 0 Å². The molecule has 0 fully saturated rings. The van der Waals surface area contributed by atoms with Crippen molar-refractivity contribution in [2.75, 3.05) is 0 Å². The Morgan fingerprint density at radius 2 is 0.941 bits per heavy atom. The van der Waals surface area contributed by atoms with Crippen molar-refractivity contribution in [2.45, 2.75) is 0 Å². The second kappa shape index (κ2) is 5.85. The van der Waals surface area contributed by atoms with Gasteiger partial charge in [-0.1, -0.05) is 0 Å². The first-order valence-electron chi connectivity index (χ1n) is 4.82. The van der Waals surface area contributed by atoms with Gasteiger partial charge < -0.3 is 1.43 Å². The summed E-state index contributed by atoms with van der Waals surface area (Å²) in [6.45, 7) is 0. The van der Waals surface area contributed by atoms with Crippen molar-refractivity contribution in [3.63, 3.8) is 0 Å². The summed E-state index contributed by atoms with van der Waals surface area (Å²) in [5, 5.41) is 2.62. The Morgan fingerprint density at radius 3 is 1.24 bits per heavy atom. The van der Waals surface area contributed by atoms with Crippen LogP contribution in [0.4, 0.5) is 0 Å². The van der Waals surface area contributed by atoms with Gasteiger partial charge in [0.2, 0.25) is 0 Å². The Bertz CT molecular complexity index is 470. The first-order chi connectivity index (χ1) is 8.09. The van der Waals surface area contributed by atoms with Crippen molar-refractivity contribution in [1.82, 2.24) is 0 Å². The molecule has 0 radical (unpaired) electrons. The molecule has 0 aliphatic carbocycles. The Kier molecular flexibility index (Phi) is 4.67. The molecule has 0 heterocycles. The summed E-state index contributed by atoms with van der Waals surface area (Å²) in [6.07, 6.45) is 0. The van der Waals surface area contributed by atoms with Crippen molar-refractivity contribution in [2.24, 2.45) is 0 Å². The molecule has 86 valence electrons. The minimum Gasteiger partial charge on any atom is -1.00 e. The summed E-state index contributed by atoms with van der Waals surface area (Å²) in [5.41, 5.74) is 0. The number of rotatable bonds is 2. The Hall–Kier alpha value is 0.132. The van der Waals surface area contributed by atoms with Gasteiger partial charge in [0.1, 0.15) is 0 Å². The predicted octanol–water partition coefficient (Wildman–Crippen LogP) is 4.07. The molecule has 0 aliphatic heterocycles. The predicted molar refractivity (Wildman–Crippen MR) is 79.1 cm³/mol. The second-order valence-electron chi connectivity index (χ2n) is 3.42. The first kappa shape index (κ1) is 13.6. The molecule has 5 heteroatoms. The molecule has 0 atom stereocenters. The smallest absolute Gasteiger partial charge is 1.00 e. The van der Waals surface area contributed by atoms with Gasteiger partial charge in [0.25, 0.3) is 0 Å².